The number of nitrogens with one attached hydrogen (secondary N) is 1. The van der Waals surface area contributed by atoms with Crippen molar-refractivity contribution in [3.8, 4) is 0 Å². The SMILES string of the molecule is CCCN(C)c1ccc(C(=O)N(C)C2CC3CCC(C2)N3)cc1.Cl.Cl. The summed E-state index contributed by atoms with van der Waals surface area (Å²) < 4.78 is 0. The summed E-state index contributed by atoms with van der Waals surface area (Å²) in [6.45, 7) is 3.21. The van der Waals surface area contributed by atoms with E-state index in [0.29, 0.717) is 18.1 Å². The van der Waals surface area contributed by atoms with Crippen LogP contribution in [-0.4, -0.2) is 49.6 Å². The van der Waals surface area contributed by atoms with Gasteiger partial charge in [0, 0.05) is 50.0 Å². The van der Waals surface area contributed by atoms with Crippen LogP contribution in [0.4, 0.5) is 5.69 Å². The van der Waals surface area contributed by atoms with Crippen LogP contribution in [0.2, 0.25) is 0 Å². The van der Waals surface area contributed by atoms with Gasteiger partial charge in [-0.05, 0) is 56.4 Å². The maximum atomic E-state index is 12.8. The van der Waals surface area contributed by atoms with Gasteiger partial charge in [-0.1, -0.05) is 6.92 Å². The Morgan fingerprint density at radius 1 is 1.08 bits per heavy atom. The molecule has 25 heavy (non-hydrogen) atoms. The summed E-state index contributed by atoms with van der Waals surface area (Å²) in [5.74, 6) is 0.154. The van der Waals surface area contributed by atoms with E-state index < -0.39 is 0 Å². The lowest BCUT2D eigenvalue weighted by molar-refractivity contribution is 0.0681. The first-order chi connectivity index (χ1) is 11.1. The standard InChI is InChI=1S/C19H29N3O.2ClH/c1-4-11-21(2)17-9-5-14(6-10-17)19(23)22(3)18-12-15-7-8-16(13-18)20-15;;/h5-6,9-10,15-16,18,20H,4,7-8,11-13H2,1-3H3;2*1H. The lowest BCUT2D eigenvalue weighted by Crippen LogP contribution is -2.48. The summed E-state index contributed by atoms with van der Waals surface area (Å²) >= 11 is 0. The summed E-state index contributed by atoms with van der Waals surface area (Å²) in [6, 6.07) is 9.65. The molecule has 2 aliphatic heterocycles. The van der Waals surface area contributed by atoms with Crippen molar-refractivity contribution in [2.45, 2.75) is 57.2 Å². The van der Waals surface area contributed by atoms with Crippen molar-refractivity contribution >= 4 is 36.4 Å². The maximum Gasteiger partial charge on any atom is 0.253 e. The largest absolute Gasteiger partial charge is 0.375 e. The van der Waals surface area contributed by atoms with Gasteiger partial charge in [-0.2, -0.15) is 0 Å². The molecule has 2 atom stereocenters. The van der Waals surface area contributed by atoms with Crippen molar-refractivity contribution < 1.29 is 4.79 Å². The highest BCUT2D eigenvalue weighted by molar-refractivity contribution is 5.94. The van der Waals surface area contributed by atoms with E-state index in [2.05, 4.69) is 36.3 Å². The van der Waals surface area contributed by atoms with E-state index in [4.69, 9.17) is 0 Å². The lowest BCUT2D eigenvalue weighted by Gasteiger charge is -2.35. The first kappa shape index (κ1) is 22.1. The Morgan fingerprint density at radius 2 is 1.64 bits per heavy atom. The number of rotatable bonds is 5. The van der Waals surface area contributed by atoms with Crippen LogP contribution in [0, 0.1) is 0 Å². The van der Waals surface area contributed by atoms with Crippen LogP contribution >= 0.6 is 24.8 Å². The van der Waals surface area contributed by atoms with Crippen LogP contribution < -0.4 is 10.2 Å². The molecule has 1 aromatic rings. The first-order valence-corrected chi connectivity index (χ1v) is 8.93. The fraction of sp³-hybridized carbons (Fsp3) is 0.632. The second kappa shape index (κ2) is 9.65. The highest BCUT2D eigenvalue weighted by Crippen LogP contribution is 2.30. The van der Waals surface area contributed by atoms with E-state index in [1.165, 1.54) is 18.5 Å². The van der Waals surface area contributed by atoms with Gasteiger partial charge in [0.1, 0.15) is 0 Å². The van der Waals surface area contributed by atoms with Crippen LogP contribution in [0.3, 0.4) is 0 Å². The molecule has 0 saturated carbocycles. The second-order valence-electron chi connectivity index (χ2n) is 7.15. The average molecular weight is 388 g/mol. The fourth-order valence-corrected chi connectivity index (χ4v) is 4.04. The Bertz CT molecular complexity index is 540. The molecule has 2 fully saturated rings. The molecular weight excluding hydrogens is 357 g/mol. The first-order valence-electron chi connectivity index (χ1n) is 8.93. The van der Waals surface area contributed by atoms with Gasteiger partial charge in [0.15, 0.2) is 0 Å². The summed E-state index contributed by atoms with van der Waals surface area (Å²) in [4.78, 5) is 17.0. The molecule has 2 bridgehead atoms. The second-order valence-corrected chi connectivity index (χ2v) is 7.15. The van der Waals surface area contributed by atoms with Crippen LogP contribution in [0.25, 0.3) is 0 Å². The van der Waals surface area contributed by atoms with Crippen molar-refractivity contribution in [1.82, 2.24) is 10.2 Å². The van der Waals surface area contributed by atoms with Gasteiger partial charge in [0.25, 0.3) is 5.91 Å². The number of nitrogens with zero attached hydrogens (tertiary/aromatic N) is 2. The van der Waals surface area contributed by atoms with Gasteiger partial charge < -0.3 is 15.1 Å². The molecule has 1 amide bonds. The fourth-order valence-electron chi connectivity index (χ4n) is 4.04. The summed E-state index contributed by atoms with van der Waals surface area (Å²) in [5.41, 5.74) is 1.97. The third kappa shape index (κ3) is 5.02. The van der Waals surface area contributed by atoms with Crippen molar-refractivity contribution in [2.24, 2.45) is 0 Å². The molecule has 0 spiro atoms. The molecule has 1 aromatic carbocycles. The predicted octanol–water partition coefficient (Wildman–Crippen LogP) is 3.73. The van der Waals surface area contributed by atoms with E-state index in [0.717, 1.165) is 31.4 Å². The lowest BCUT2D eigenvalue weighted by atomic mass is 9.98. The van der Waals surface area contributed by atoms with Gasteiger partial charge in [0.2, 0.25) is 0 Å². The molecule has 1 N–H and O–H groups in total. The minimum atomic E-state index is 0. The normalized spacial score (nSPS) is 24.0. The number of anilines is 1. The minimum absolute atomic E-state index is 0. The molecule has 2 aliphatic rings. The summed E-state index contributed by atoms with van der Waals surface area (Å²) in [6.07, 6.45) is 5.84. The molecule has 0 aliphatic carbocycles. The van der Waals surface area contributed by atoms with Crippen LogP contribution in [-0.2, 0) is 0 Å². The number of hydrogen-bond acceptors (Lipinski definition) is 3. The summed E-state index contributed by atoms with van der Waals surface area (Å²) in [7, 11) is 4.06. The minimum Gasteiger partial charge on any atom is -0.375 e. The van der Waals surface area contributed by atoms with Crippen molar-refractivity contribution in [3.05, 3.63) is 29.8 Å². The van der Waals surface area contributed by atoms with Gasteiger partial charge >= 0.3 is 0 Å². The maximum absolute atomic E-state index is 12.8. The molecule has 0 radical (unpaired) electrons. The summed E-state index contributed by atoms with van der Waals surface area (Å²) in [5, 5.41) is 3.64. The van der Waals surface area contributed by atoms with Crippen LogP contribution in [0.5, 0.6) is 0 Å². The molecule has 2 saturated heterocycles. The third-order valence-corrected chi connectivity index (χ3v) is 5.43. The number of fused-ring (bicyclic) bond motifs is 2. The van der Waals surface area contributed by atoms with Crippen LogP contribution in [0.1, 0.15) is 49.4 Å². The molecule has 0 aromatic heterocycles. The number of carbonyl (C=O) groups excluding carboxylic acids is 1. The monoisotopic (exact) mass is 387 g/mol. The van der Waals surface area contributed by atoms with Crippen LogP contribution in [0.15, 0.2) is 24.3 Å². The number of piperidine rings is 1. The average Bonchev–Trinajstić information content (AvgIpc) is 2.92. The van der Waals surface area contributed by atoms with Gasteiger partial charge in [-0.15, -0.1) is 24.8 Å². The highest BCUT2D eigenvalue weighted by Gasteiger charge is 2.36. The number of benzene rings is 1. The quantitative estimate of drug-likeness (QED) is 0.835. The Kier molecular flexibility index (Phi) is 8.52. The van der Waals surface area contributed by atoms with Gasteiger partial charge in [0.05, 0.1) is 0 Å². The number of carbonyl (C=O) groups is 1. The molecule has 142 valence electrons. The highest BCUT2D eigenvalue weighted by atomic mass is 35.5. The molecule has 2 unspecified atom stereocenters. The van der Waals surface area contributed by atoms with Crippen molar-refractivity contribution in [2.75, 3.05) is 25.5 Å². The molecule has 3 rings (SSSR count). The molecule has 4 nitrogen and oxygen atoms in total. The van der Waals surface area contributed by atoms with Crippen molar-refractivity contribution in [3.63, 3.8) is 0 Å². The van der Waals surface area contributed by atoms with Crippen molar-refractivity contribution in [1.29, 1.82) is 0 Å². The van der Waals surface area contributed by atoms with E-state index in [1.54, 1.807) is 0 Å². The zero-order valence-electron chi connectivity index (χ0n) is 15.4. The predicted molar refractivity (Wildman–Crippen MR) is 110 cm³/mol. The zero-order chi connectivity index (χ0) is 16.4. The van der Waals surface area contributed by atoms with E-state index in [1.807, 2.05) is 24.1 Å². The Balaban J connectivity index is 0.00000156. The molecular formula is C19H31Cl2N3O. The molecule has 2 heterocycles. The zero-order valence-corrected chi connectivity index (χ0v) is 17.0. The Morgan fingerprint density at radius 3 is 2.16 bits per heavy atom. The Labute approximate surface area is 164 Å². The number of halogens is 2. The topological polar surface area (TPSA) is 35.6 Å². The van der Waals surface area contributed by atoms with Gasteiger partial charge in [-0.25, -0.2) is 0 Å². The van der Waals surface area contributed by atoms with Gasteiger partial charge in [-0.3, -0.25) is 4.79 Å². The number of hydrogen-bond donors (Lipinski definition) is 1. The smallest absolute Gasteiger partial charge is 0.253 e. The number of amides is 1. The van der Waals surface area contributed by atoms with E-state index in [-0.39, 0.29) is 30.7 Å². The van der Waals surface area contributed by atoms with E-state index >= 15 is 0 Å². The Hall–Kier alpha value is -0.970. The molecule has 6 heteroatoms. The van der Waals surface area contributed by atoms with E-state index in [9.17, 15) is 4.79 Å². The third-order valence-electron chi connectivity index (χ3n) is 5.43.